The second kappa shape index (κ2) is 11.2. The number of amides is 1. The summed E-state index contributed by atoms with van der Waals surface area (Å²) in [5.41, 5.74) is 5.18. The summed E-state index contributed by atoms with van der Waals surface area (Å²) < 4.78 is 43.7. The number of halogens is 4. The SMILES string of the molecule is CCCCNc1ccc(C(F)(F)F)cc1NC(=O)CC(CN)OC.Cl. The van der Waals surface area contributed by atoms with Gasteiger partial charge >= 0.3 is 6.18 Å². The van der Waals surface area contributed by atoms with E-state index in [1.54, 1.807) is 0 Å². The van der Waals surface area contributed by atoms with Crippen molar-refractivity contribution in [1.29, 1.82) is 0 Å². The highest BCUT2D eigenvalue weighted by molar-refractivity contribution is 5.94. The fraction of sp³-hybridized carbons (Fsp3) is 0.562. The van der Waals surface area contributed by atoms with Crippen LogP contribution in [0.2, 0.25) is 0 Å². The van der Waals surface area contributed by atoms with Gasteiger partial charge in [0.2, 0.25) is 5.91 Å². The molecule has 0 saturated heterocycles. The molecule has 9 heteroatoms. The predicted molar refractivity (Wildman–Crippen MR) is 95.2 cm³/mol. The third-order valence-electron chi connectivity index (χ3n) is 3.48. The van der Waals surface area contributed by atoms with Gasteiger partial charge in [-0.05, 0) is 24.6 Å². The Morgan fingerprint density at radius 2 is 2.00 bits per heavy atom. The molecule has 1 aromatic rings. The molecule has 1 aromatic carbocycles. The summed E-state index contributed by atoms with van der Waals surface area (Å²) >= 11 is 0. The lowest BCUT2D eigenvalue weighted by Gasteiger charge is -2.17. The first-order valence-electron chi connectivity index (χ1n) is 7.79. The van der Waals surface area contributed by atoms with E-state index in [4.69, 9.17) is 10.5 Å². The number of methoxy groups -OCH3 is 1. The predicted octanol–water partition coefficient (Wildman–Crippen LogP) is 3.64. The Hall–Kier alpha value is -1.51. The van der Waals surface area contributed by atoms with Crippen molar-refractivity contribution in [3.8, 4) is 0 Å². The summed E-state index contributed by atoms with van der Waals surface area (Å²) in [5.74, 6) is -0.454. The van der Waals surface area contributed by atoms with Gasteiger partial charge in [0.05, 0.1) is 29.5 Å². The van der Waals surface area contributed by atoms with E-state index in [0.717, 1.165) is 25.0 Å². The number of carbonyl (C=O) groups excluding carboxylic acids is 1. The van der Waals surface area contributed by atoms with E-state index in [-0.39, 0.29) is 31.1 Å². The lowest BCUT2D eigenvalue weighted by molar-refractivity contribution is -0.137. The van der Waals surface area contributed by atoms with Crippen LogP contribution < -0.4 is 16.4 Å². The Morgan fingerprint density at radius 1 is 1.32 bits per heavy atom. The van der Waals surface area contributed by atoms with Crippen LogP contribution in [0.1, 0.15) is 31.7 Å². The molecule has 5 nitrogen and oxygen atoms in total. The number of alkyl halides is 3. The molecular weight excluding hydrogens is 359 g/mol. The van der Waals surface area contributed by atoms with Crippen LogP contribution >= 0.6 is 12.4 Å². The number of rotatable bonds is 9. The lowest BCUT2D eigenvalue weighted by atomic mass is 10.1. The summed E-state index contributed by atoms with van der Waals surface area (Å²) in [4.78, 5) is 12.0. The van der Waals surface area contributed by atoms with E-state index >= 15 is 0 Å². The van der Waals surface area contributed by atoms with Gasteiger partial charge in [-0.25, -0.2) is 0 Å². The molecule has 0 radical (unpaired) electrons. The van der Waals surface area contributed by atoms with Crippen molar-refractivity contribution >= 4 is 29.7 Å². The molecule has 1 rings (SSSR count). The van der Waals surface area contributed by atoms with E-state index in [1.807, 2.05) is 6.92 Å². The molecule has 144 valence electrons. The first kappa shape index (κ1) is 23.5. The molecule has 0 aliphatic rings. The van der Waals surface area contributed by atoms with E-state index in [9.17, 15) is 18.0 Å². The normalized spacial score (nSPS) is 12.2. The zero-order valence-electron chi connectivity index (χ0n) is 14.3. The van der Waals surface area contributed by atoms with Crippen LogP contribution in [0.4, 0.5) is 24.5 Å². The number of nitrogens with one attached hydrogen (secondary N) is 2. The lowest BCUT2D eigenvalue weighted by Crippen LogP contribution is -2.28. The second-order valence-corrected chi connectivity index (χ2v) is 5.38. The summed E-state index contributed by atoms with van der Waals surface area (Å²) in [6.07, 6.45) is -3.17. The van der Waals surface area contributed by atoms with Crippen molar-refractivity contribution in [3.05, 3.63) is 23.8 Å². The molecule has 0 heterocycles. The van der Waals surface area contributed by atoms with Gasteiger partial charge in [0.25, 0.3) is 0 Å². The molecule has 0 spiro atoms. The van der Waals surface area contributed by atoms with Crippen LogP contribution in [0, 0.1) is 0 Å². The van der Waals surface area contributed by atoms with Crippen LogP contribution in [0.5, 0.6) is 0 Å². The summed E-state index contributed by atoms with van der Waals surface area (Å²) in [7, 11) is 1.42. The maximum Gasteiger partial charge on any atom is 0.416 e. The van der Waals surface area contributed by atoms with E-state index < -0.39 is 23.8 Å². The van der Waals surface area contributed by atoms with Gasteiger partial charge in [-0.1, -0.05) is 13.3 Å². The zero-order valence-corrected chi connectivity index (χ0v) is 15.1. The smallest absolute Gasteiger partial charge is 0.383 e. The number of unbranched alkanes of at least 4 members (excludes halogenated alkanes) is 1. The van der Waals surface area contributed by atoms with Crippen molar-refractivity contribution in [2.75, 3.05) is 30.8 Å². The van der Waals surface area contributed by atoms with Crippen LogP contribution in [-0.4, -0.2) is 32.2 Å². The molecule has 25 heavy (non-hydrogen) atoms. The van der Waals surface area contributed by atoms with Crippen molar-refractivity contribution in [2.45, 2.75) is 38.5 Å². The third-order valence-corrected chi connectivity index (χ3v) is 3.48. The first-order valence-corrected chi connectivity index (χ1v) is 7.79. The fourth-order valence-corrected chi connectivity index (χ4v) is 2.05. The molecule has 1 atom stereocenters. The topological polar surface area (TPSA) is 76.4 Å². The molecule has 0 aliphatic heterocycles. The molecule has 0 bridgehead atoms. The summed E-state index contributed by atoms with van der Waals surface area (Å²) in [6.45, 7) is 2.76. The van der Waals surface area contributed by atoms with Gasteiger partial charge in [-0.3, -0.25) is 4.79 Å². The van der Waals surface area contributed by atoms with Gasteiger partial charge in [-0.2, -0.15) is 13.2 Å². The highest BCUT2D eigenvalue weighted by atomic mass is 35.5. The van der Waals surface area contributed by atoms with E-state index in [2.05, 4.69) is 10.6 Å². The molecule has 4 N–H and O–H groups in total. The van der Waals surface area contributed by atoms with Crippen LogP contribution in [0.25, 0.3) is 0 Å². The van der Waals surface area contributed by atoms with Gasteiger partial charge in [0.1, 0.15) is 0 Å². The summed E-state index contributed by atoms with van der Waals surface area (Å²) in [5, 5.41) is 5.55. The van der Waals surface area contributed by atoms with Crippen LogP contribution in [0.3, 0.4) is 0 Å². The summed E-state index contributed by atoms with van der Waals surface area (Å²) in [6, 6.07) is 3.24. The maximum absolute atomic E-state index is 12.9. The minimum absolute atomic E-state index is 0. The number of anilines is 2. The molecular formula is C16H25ClF3N3O2. The largest absolute Gasteiger partial charge is 0.416 e. The van der Waals surface area contributed by atoms with E-state index in [1.165, 1.54) is 13.2 Å². The molecule has 1 amide bonds. The van der Waals surface area contributed by atoms with Gasteiger partial charge in [0, 0.05) is 20.2 Å². The second-order valence-electron chi connectivity index (χ2n) is 5.38. The molecule has 1 unspecified atom stereocenters. The highest BCUT2D eigenvalue weighted by Crippen LogP contribution is 2.34. The average molecular weight is 384 g/mol. The Bertz CT molecular complexity index is 538. The number of hydrogen-bond acceptors (Lipinski definition) is 4. The first-order chi connectivity index (χ1) is 11.3. The van der Waals surface area contributed by atoms with E-state index in [0.29, 0.717) is 12.2 Å². The number of ether oxygens (including phenoxy) is 1. The molecule has 0 saturated carbocycles. The highest BCUT2D eigenvalue weighted by Gasteiger charge is 2.31. The molecule has 0 aliphatic carbocycles. The van der Waals surface area contributed by atoms with Crippen molar-refractivity contribution in [2.24, 2.45) is 5.73 Å². The fourth-order valence-electron chi connectivity index (χ4n) is 2.05. The van der Waals surface area contributed by atoms with Crippen LogP contribution in [0.15, 0.2) is 18.2 Å². The van der Waals surface area contributed by atoms with Gasteiger partial charge in [0.15, 0.2) is 0 Å². The maximum atomic E-state index is 12.9. The standard InChI is InChI=1S/C16H24F3N3O2.ClH/c1-3-4-7-21-13-6-5-11(16(17,18)19)8-14(13)22-15(23)9-12(10-20)24-2;/h5-6,8,12,21H,3-4,7,9-10,20H2,1-2H3,(H,22,23);1H. The molecule has 0 fully saturated rings. The zero-order chi connectivity index (χ0) is 18.2. The minimum atomic E-state index is -4.48. The number of hydrogen-bond donors (Lipinski definition) is 3. The van der Waals surface area contributed by atoms with Crippen molar-refractivity contribution < 1.29 is 22.7 Å². The number of nitrogens with two attached hydrogens (primary N) is 1. The Morgan fingerprint density at radius 3 is 2.52 bits per heavy atom. The minimum Gasteiger partial charge on any atom is -0.383 e. The monoisotopic (exact) mass is 383 g/mol. The quantitative estimate of drug-likeness (QED) is 0.569. The van der Waals surface area contributed by atoms with Crippen molar-refractivity contribution in [3.63, 3.8) is 0 Å². The molecule has 0 aromatic heterocycles. The number of carbonyl (C=O) groups is 1. The Kier molecular flexibility index (Phi) is 10.5. The van der Waals surface area contributed by atoms with Gasteiger partial charge < -0.3 is 21.1 Å². The van der Waals surface area contributed by atoms with Crippen LogP contribution in [-0.2, 0) is 15.7 Å². The third kappa shape index (κ3) is 7.94. The average Bonchev–Trinajstić information content (AvgIpc) is 2.53. The number of benzene rings is 1. The van der Waals surface area contributed by atoms with Gasteiger partial charge in [-0.15, -0.1) is 12.4 Å². The Labute approximate surface area is 151 Å². The van der Waals surface area contributed by atoms with Crippen molar-refractivity contribution in [1.82, 2.24) is 0 Å². The Balaban J connectivity index is 0.00000576.